The van der Waals surface area contributed by atoms with Crippen LogP contribution in [-0.2, 0) is 4.74 Å². The van der Waals surface area contributed by atoms with Gasteiger partial charge in [-0.2, -0.15) is 0 Å². The van der Waals surface area contributed by atoms with Gasteiger partial charge in [-0.3, -0.25) is 4.99 Å². The highest BCUT2D eigenvalue weighted by Gasteiger charge is 2.46. The molecule has 2 aliphatic rings. The molecular weight excluding hydrogens is 184 g/mol. The van der Waals surface area contributed by atoms with Gasteiger partial charge in [0.2, 0.25) is 0 Å². The van der Waals surface area contributed by atoms with Gasteiger partial charge in [-0.1, -0.05) is 0 Å². The highest BCUT2D eigenvalue weighted by molar-refractivity contribution is 5.85. The highest BCUT2D eigenvalue weighted by atomic mass is 16.5. The Morgan fingerprint density at radius 2 is 2.14 bits per heavy atom. The minimum atomic E-state index is -0.819. The number of aliphatic hydroxyl groups excluding tert-OH is 2. The van der Waals surface area contributed by atoms with Gasteiger partial charge in [-0.05, 0) is 6.92 Å². The van der Waals surface area contributed by atoms with Crippen LogP contribution < -0.4 is 5.32 Å². The normalized spacial score (nSPS) is 50.3. The average molecular weight is 200 g/mol. The van der Waals surface area contributed by atoms with Crippen molar-refractivity contribution in [2.75, 3.05) is 7.05 Å². The molecule has 1 unspecified atom stereocenters. The van der Waals surface area contributed by atoms with Gasteiger partial charge < -0.3 is 20.3 Å². The highest BCUT2D eigenvalue weighted by Crippen LogP contribution is 2.26. The molecule has 2 saturated heterocycles. The third kappa shape index (κ3) is 1.41. The summed E-state index contributed by atoms with van der Waals surface area (Å²) in [6.45, 7) is 1.77. The Bertz CT molecular complexity index is 256. The van der Waals surface area contributed by atoms with E-state index in [9.17, 15) is 10.2 Å². The Morgan fingerprint density at radius 1 is 1.43 bits per heavy atom. The van der Waals surface area contributed by atoms with Crippen molar-refractivity contribution < 1.29 is 14.9 Å². The standard InChI is InChI=1S/C9H16N2O3/c1-4-8(12)9(13)7-5(14-4)3-6(10-2)11-7/h4-5,7-9,12-13H,3H2,1-2H3,(H,10,11)/t4?,5-,7+,8-,9-/m1/s1. The largest absolute Gasteiger partial charge is 0.388 e. The van der Waals surface area contributed by atoms with Gasteiger partial charge in [-0.25, -0.2) is 0 Å². The lowest BCUT2D eigenvalue weighted by atomic mass is 9.95. The van der Waals surface area contributed by atoms with E-state index in [1.54, 1.807) is 14.0 Å². The van der Waals surface area contributed by atoms with E-state index in [1.165, 1.54) is 0 Å². The van der Waals surface area contributed by atoms with Crippen LogP contribution in [0.3, 0.4) is 0 Å². The smallest absolute Gasteiger partial charge is 0.108 e. The lowest BCUT2D eigenvalue weighted by molar-refractivity contribution is -0.167. The first kappa shape index (κ1) is 9.89. The van der Waals surface area contributed by atoms with Crippen molar-refractivity contribution in [1.29, 1.82) is 0 Å². The van der Waals surface area contributed by atoms with Crippen LogP contribution in [0.2, 0.25) is 0 Å². The SMILES string of the molecule is CN=C1C[C@H]2OC(C)[C@@H](O)[C@H](O)[C@H]2N1. The molecule has 5 atom stereocenters. The summed E-state index contributed by atoms with van der Waals surface area (Å²) < 4.78 is 5.57. The van der Waals surface area contributed by atoms with Crippen molar-refractivity contribution in [1.82, 2.24) is 5.32 Å². The topological polar surface area (TPSA) is 74.1 Å². The minimum Gasteiger partial charge on any atom is -0.388 e. The van der Waals surface area contributed by atoms with Crippen molar-refractivity contribution >= 4 is 5.84 Å². The number of aliphatic imine (C=N–C) groups is 1. The second-order valence-corrected chi connectivity index (χ2v) is 3.91. The number of hydrogen-bond donors (Lipinski definition) is 3. The summed E-state index contributed by atoms with van der Waals surface area (Å²) >= 11 is 0. The maximum Gasteiger partial charge on any atom is 0.108 e. The molecule has 0 spiro atoms. The van der Waals surface area contributed by atoms with Crippen molar-refractivity contribution in [2.24, 2.45) is 4.99 Å². The summed E-state index contributed by atoms with van der Waals surface area (Å²) in [5.74, 6) is 0.834. The summed E-state index contributed by atoms with van der Waals surface area (Å²) in [6, 6.07) is -0.222. The summed E-state index contributed by atoms with van der Waals surface area (Å²) in [5, 5.41) is 22.4. The number of nitrogens with one attached hydrogen (secondary N) is 1. The van der Waals surface area contributed by atoms with E-state index in [0.717, 1.165) is 5.84 Å². The van der Waals surface area contributed by atoms with Gasteiger partial charge in [-0.15, -0.1) is 0 Å². The Labute approximate surface area is 82.8 Å². The van der Waals surface area contributed by atoms with Gasteiger partial charge in [0.05, 0.1) is 24.1 Å². The molecule has 5 heteroatoms. The molecule has 0 aromatic carbocycles. The molecule has 80 valence electrons. The zero-order valence-corrected chi connectivity index (χ0v) is 8.34. The summed E-state index contributed by atoms with van der Waals surface area (Å²) in [4.78, 5) is 4.03. The number of hydrogen-bond acceptors (Lipinski definition) is 4. The van der Waals surface area contributed by atoms with E-state index in [2.05, 4.69) is 10.3 Å². The predicted octanol–water partition coefficient (Wildman–Crippen LogP) is -1.11. The molecule has 0 aliphatic carbocycles. The fourth-order valence-corrected chi connectivity index (χ4v) is 2.10. The van der Waals surface area contributed by atoms with Crippen molar-refractivity contribution in [3.05, 3.63) is 0 Å². The lowest BCUT2D eigenvalue weighted by Crippen LogP contribution is -2.58. The number of fused-ring (bicyclic) bond motifs is 1. The molecule has 0 amide bonds. The monoisotopic (exact) mass is 200 g/mol. The van der Waals surface area contributed by atoms with Crippen LogP contribution in [0.4, 0.5) is 0 Å². The quantitative estimate of drug-likeness (QED) is 0.463. The molecule has 2 rings (SSSR count). The third-order valence-corrected chi connectivity index (χ3v) is 2.99. The van der Waals surface area contributed by atoms with Crippen LogP contribution in [0.25, 0.3) is 0 Å². The molecule has 2 aliphatic heterocycles. The van der Waals surface area contributed by atoms with Crippen LogP contribution in [0, 0.1) is 0 Å². The third-order valence-electron chi connectivity index (χ3n) is 2.99. The molecule has 0 bridgehead atoms. The van der Waals surface area contributed by atoms with Crippen LogP contribution in [0.1, 0.15) is 13.3 Å². The minimum absolute atomic E-state index is 0.0675. The van der Waals surface area contributed by atoms with E-state index in [0.29, 0.717) is 6.42 Å². The zero-order valence-electron chi connectivity index (χ0n) is 8.34. The van der Waals surface area contributed by atoms with Crippen LogP contribution in [-0.4, -0.2) is 53.6 Å². The number of aliphatic hydroxyl groups is 2. The zero-order chi connectivity index (χ0) is 10.3. The van der Waals surface area contributed by atoms with E-state index in [4.69, 9.17) is 4.74 Å². The van der Waals surface area contributed by atoms with Crippen molar-refractivity contribution in [3.63, 3.8) is 0 Å². The Morgan fingerprint density at radius 3 is 2.79 bits per heavy atom. The molecule has 5 nitrogen and oxygen atoms in total. The fourth-order valence-electron chi connectivity index (χ4n) is 2.10. The van der Waals surface area contributed by atoms with Gasteiger partial charge in [0.15, 0.2) is 0 Å². The molecule has 14 heavy (non-hydrogen) atoms. The van der Waals surface area contributed by atoms with E-state index < -0.39 is 12.2 Å². The number of ether oxygens (including phenoxy) is 1. The first-order valence-corrected chi connectivity index (χ1v) is 4.87. The Balaban J connectivity index is 2.14. The molecule has 2 heterocycles. The lowest BCUT2D eigenvalue weighted by Gasteiger charge is -2.38. The van der Waals surface area contributed by atoms with Crippen LogP contribution >= 0.6 is 0 Å². The first-order valence-electron chi connectivity index (χ1n) is 4.87. The maximum absolute atomic E-state index is 9.78. The number of nitrogens with zero attached hydrogens (tertiary/aromatic N) is 1. The molecule has 3 N–H and O–H groups in total. The average Bonchev–Trinajstić information content (AvgIpc) is 2.57. The van der Waals surface area contributed by atoms with Crippen molar-refractivity contribution in [3.8, 4) is 0 Å². The molecule has 2 fully saturated rings. The first-order chi connectivity index (χ1) is 6.63. The van der Waals surface area contributed by atoms with Crippen LogP contribution in [0.15, 0.2) is 4.99 Å². The summed E-state index contributed by atoms with van der Waals surface area (Å²) in [5.41, 5.74) is 0. The second-order valence-electron chi connectivity index (χ2n) is 3.91. The molecule has 0 radical (unpaired) electrons. The number of amidine groups is 1. The number of rotatable bonds is 0. The summed E-state index contributed by atoms with van der Waals surface area (Å²) in [6.07, 6.45) is -1.29. The summed E-state index contributed by atoms with van der Waals surface area (Å²) in [7, 11) is 1.70. The van der Waals surface area contributed by atoms with Gasteiger partial charge in [0.25, 0.3) is 0 Å². The molecule has 0 aromatic heterocycles. The Hall–Kier alpha value is -0.650. The van der Waals surface area contributed by atoms with E-state index >= 15 is 0 Å². The maximum atomic E-state index is 9.78. The fraction of sp³-hybridized carbons (Fsp3) is 0.889. The van der Waals surface area contributed by atoms with Crippen molar-refractivity contribution in [2.45, 2.75) is 43.8 Å². The van der Waals surface area contributed by atoms with E-state index in [1.807, 2.05) is 0 Å². The molecular formula is C9H16N2O3. The van der Waals surface area contributed by atoms with Gasteiger partial charge in [0, 0.05) is 13.5 Å². The van der Waals surface area contributed by atoms with E-state index in [-0.39, 0.29) is 18.2 Å². The predicted molar refractivity (Wildman–Crippen MR) is 51.2 cm³/mol. The molecule has 0 saturated carbocycles. The van der Waals surface area contributed by atoms with Gasteiger partial charge >= 0.3 is 0 Å². The van der Waals surface area contributed by atoms with Gasteiger partial charge in [0.1, 0.15) is 12.2 Å². The second kappa shape index (κ2) is 3.49. The molecule has 0 aromatic rings. The van der Waals surface area contributed by atoms with Crippen LogP contribution in [0.5, 0.6) is 0 Å². The Kier molecular flexibility index (Phi) is 2.47.